The van der Waals surface area contributed by atoms with Crippen molar-refractivity contribution in [2.45, 2.75) is 18.5 Å². The van der Waals surface area contributed by atoms with Crippen LogP contribution < -0.4 is 9.64 Å². The first-order valence-electron chi connectivity index (χ1n) is 17.2. The molecule has 0 radical (unpaired) electrons. The van der Waals surface area contributed by atoms with Gasteiger partial charge in [0.1, 0.15) is 17.9 Å². The molecule has 0 atom stereocenters. The summed E-state index contributed by atoms with van der Waals surface area (Å²) in [6.07, 6.45) is -11.1. The van der Waals surface area contributed by atoms with Crippen molar-refractivity contribution in [2.75, 3.05) is 125 Å². The fourth-order valence-electron chi connectivity index (χ4n) is 4.37. The van der Waals surface area contributed by atoms with Gasteiger partial charge in [0.15, 0.2) is 5.58 Å². The van der Waals surface area contributed by atoms with E-state index in [0.29, 0.717) is 83.3 Å². The highest BCUT2D eigenvalue weighted by atomic mass is 19.4. The van der Waals surface area contributed by atoms with E-state index in [4.69, 9.17) is 42.3 Å². The average molecular weight is 783 g/mol. The fourth-order valence-corrected chi connectivity index (χ4v) is 4.37. The Bertz CT molecular complexity index is 1440. The van der Waals surface area contributed by atoms with Crippen LogP contribution in [0, 0.1) is 0 Å². The Morgan fingerprint density at radius 3 is 1.48 bits per heavy atom. The Morgan fingerprint density at radius 1 is 0.593 bits per heavy atom. The number of aromatic nitrogens is 1. The standard InChI is InChI=1S/C36H48F6N2O10/c1-44(2)29-6-3-28(4-7-29)5-10-33-43-31-9-8-30(27-32(31)54-33)52-25-23-50-21-19-48-17-15-46-13-11-45-12-14-47-16-18-49-20-22-51-24-26-53-34(35(37,38)39)36(40,41)42/h3-10,27,34H,11-26H2,1-2H3/b10-5+. The molecular formula is C36H48F6N2O10. The van der Waals surface area contributed by atoms with Crippen LogP contribution in [0.2, 0.25) is 0 Å². The van der Waals surface area contributed by atoms with E-state index < -0.39 is 31.7 Å². The molecule has 0 saturated heterocycles. The van der Waals surface area contributed by atoms with Crippen LogP contribution in [0.3, 0.4) is 0 Å². The first-order chi connectivity index (χ1) is 25.9. The van der Waals surface area contributed by atoms with Crippen LogP contribution in [0.5, 0.6) is 5.75 Å². The third kappa shape index (κ3) is 18.7. The molecule has 3 rings (SSSR count). The van der Waals surface area contributed by atoms with Gasteiger partial charge < -0.3 is 51.9 Å². The predicted molar refractivity (Wildman–Crippen MR) is 187 cm³/mol. The van der Waals surface area contributed by atoms with Crippen molar-refractivity contribution in [1.82, 2.24) is 4.98 Å². The summed E-state index contributed by atoms with van der Waals surface area (Å²) < 4.78 is 127. The first kappa shape index (κ1) is 44.9. The molecule has 0 unspecified atom stereocenters. The zero-order valence-corrected chi connectivity index (χ0v) is 30.3. The number of hydrogen-bond donors (Lipinski definition) is 0. The van der Waals surface area contributed by atoms with Crippen molar-refractivity contribution in [1.29, 1.82) is 0 Å². The molecule has 0 aliphatic heterocycles. The summed E-state index contributed by atoms with van der Waals surface area (Å²) in [5.41, 5.74) is 3.55. The van der Waals surface area contributed by atoms with Crippen LogP contribution in [0.4, 0.5) is 32.0 Å². The van der Waals surface area contributed by atoms with Crippen molar-refractivity contribution in [3.05, 3.63) is 53.9 Å². The van der Waals surface area contributed by atoms with Gasteiger partial charge in [-0.3, -0.25) is 0 Å². The topological polar surface area (TPSA) is 112 Å². The largest absolute Gasteiger partial charge is 0.491 e. The van der Waals surface area contributed by atoms with E-state index >= 15 is 0 Å². The van der Waals surface area contributed by atoms with Gasteiger partial charge in [-0.1, -0.05) is 12.1 Å². The zero-order valence-electron chi connectivity index (χ0n) is 30.3. The normalized spacial score (nSPS) is 12.5. The summed E-state index contributed by atoms with van der Waals surface area (Å²) in [6.45, 7) is 3.11. The summed E-state index contributed by atoms with van der Waals surface area (Å²) in [5.74, 6) is 1.17. The number of halogens is 6. The molecule has 0 aliphatic rings. The van der Waals surface area contributed by atoms with Crippen molar-refractivity contribution in [3.8, 4) is 5.75 Å². The molecular weight excluding hydrogens is 734 g/mol. The lowest BCUT2D eigenvalue weighted by Crippen LogP contribution is -2.44. The Balaban J connectivity index is 1.05. The maximum absolute atomic E-state index is 12.3. The lowest BCUT2D eigenvalue weighted by Gasteiger charge is -2.22. The molecule has 12 nitrogen and oxygen atoms in total. The third-order valence-corrected chi connectivity index (χ3v) is 7.04. The van der Waals surface area contributed by atoms with Crippen LogP contribution in [0.15, 0.2) is 46.9 Å². The summed E-state index contributed by atoms with van der Waals surface area (Å²) in [4.78, 5) is 6.55. The number of benzene rings is 2. The number of nitrogens with zero attached hydrogens (tertiary/aromatic N) is 2. The number of rotatable bonds is 29. The summed E-state index contributed by atoms with van der Waals surface area (Å²) in [5, 5.41) is 0. The molecule has 0 N–H and O–H groups in total. The highest BCUT2D eigenvalue weighted by Gasteiger charge is 2.57. The van der Waals surface area contributed by atoms with Crippen molar-refractivity contribution in [2.24, 2.45) is 0 Å². The molecule has 0 spiro atoms. The molecule has 1 heterocycles. The first-order valence-corrected chi connectivity index (χ1v) is 17.2. The van der Waals surface area contributed by atoms with Crippen molar-refractivity contribution < 1.29 is 73.4 Å². The second kappa shape index (κ2) is 24.8. The minimum absolute atomic E-state index is 0.0250. The Morgan fingerprint density at radius 2 is 1.04 bits per heavy atom. The molecule has 0 saturated carbocycles. The van der Waals surface area contributed by atoms with Gasteiger partial charge in [-0.05, 0) is 35.9 Å². The molecule has 18 heteroatoms. The number of anilines is 1. The lowest BCUT2D eigenvalue weighted by molar-refractivity contribution is -0.323. The van der Waals surface area contributed by atoms with Gasteiger partial charge in [0.25, 0.3) is 0 Å². The minimum Gasteiger partial charge on any atom is -0.491 e. The third-order valence-electron chi connectivity index (χ3n) is 7.04. The van der Waals surface area contributed by atoms with Crippen molar-refractivity contribution >= 4 is 28.9 Å². The molecule has 2 aromatic carbocycles. The molecule has 0 aliphatic carbocycles. The highest BCUT2D eigenvalue weighted by molar-refractivity contribution is 5.77. The Kier molecular flexibility index (Phi) is 20.6. The van der Waals surface area contributed by atoms with Gasteiger partial charge in [0.05, 0.1) is 99.1 Å². The number of oxazole rings is 1. The van der Waals surface area contributed by atoms with Gasteiger partial charge in [0, 0.05) is 31.9 Å². The smallest absolute Gasteiger partial charge is 0.423 e. The average Bonchev–Trinajstić information content (AvgIpc) is 3.53. The number of hydrogen-bond acceptors (Lipinski definition) is 12. The SMILES string of the molecule is CN(C)c1ccc(/C=C/c2nc3ccc(OCCOCCOCCOCCOCCOCCOCCOCCOC(C(F)(F)F)C(F)(F)F)cc3o2)cc1. The monoisotopic (exact) mass is 782 g/mol. The second-order valence-electron chi connectivity index (χ2n) is 11.5. The molecule has 304 valence electrons. The van der Waals surface area contributed by atoms with E-state index in [9.17, 15) is 26.3 Å². The molecule has 0 amide bonds. The van der Waals surface area contributed by atoms with Gasteiger partial charge in [-0.15, -0.1) is 0 Å². The molecule has 0 bridgehead atoms. The Hall–Kier alpha value is -3.49. The van der Waals surface area contributed by atoms with Crippen LogP contribution in [-0.2, 0) is 37.9 Å². The summed E-state index contributed by atoms with van der Waals surface area (Å²) in [6, 6.07) is 13.7. The van der Waals surface area contributed by atoms with Crippen LogP contribution in [-0.4, -0.2) is 143 Å². The zero-order chi connectivity index (χ0) is 39.1. The van der Waals surface area contributed by atoms with Crippen LogP contribution in [0.25, 0.3) is 23.3 Å². The van der Waals surface area contributed by atoms with E-state index in [2.05, 4.69) is 21.9 Å². The lowest BCUT2D eigenvalue weighted by atomic mass is 10.2. The second-order valence-corrected chi connectivity index (χ2v) is 11.5. The summed E-state index contributed by atoms with van der Waals surface area (Å²) >= 11 is 0. The van der Waals surface area contributed by atoms with E-state index in [1.165, 1.54) is 0 Å². The van der Waals surface area contributed by atoms with E-state index in [1.54, 1.807) is 6.07 Å². The van der Waals surface area contributed by atoms with Crippen LogP contribution >= 0.6 is 0 Å². The molecule has 0 fully saturated rings. The summed E-state index contributed by atoms with van der Waals surface area (Å²) in [7, 11) is 4.00. The molecule has 54 heavy (non-hydrogen) atoms. The van der Waals surface area contributed by atoms with Gasteiger partial charge >= 0.3 is 12.4 Å². The van der Waals surface area contributed by atoms with E-state index in [1.807, 2.05) is 55.4 Å². The van der Waals surface area contributed by atoms with E-state index in [-0.39, 0.29) is 26.4 Å². The molecule has 3 aromatic rings. The highest BCUT2D eigenvalue weighted by Crippen LogP contribution is 2.35. The Labute approximate surface area is 310 Å². The predicted octanol–water partition coefficient (Wildman–Crippen LogP) is 6.07. The van der Waals surface area contributed by atoms with Gasteiger partial charge in [-0.2, -0.15) is 26.3 Å². The molecule has 1 aromatic heterocycles. The number of fused-ring (bicyclic) bond motifs is 1. The fraction of sp³-hybridized carbons (Fsp3) is 0.583. The maximum Gasteiger partial charge on any atom is 0.423 e. The van der Waals surface area contributed by atoms with Gasteiger partial charge in [0.2, 0.25) is 12.0 Å². The van der Waals surface area contributed by atoms with Gasteiger partial charge in [-0.25, -0.2) is 4.98 Å². The quantitative estimate of drug-likeness (QED) is 0.0602. The van der Waals surface area contributed by atoms with Crippen molar-refractivity contribution in [3.63, 3.8) is 0 Å². The minimum atomic E-state index is -5.54. The maximum atomic E-state index is 12.3. The number of ether oxygens (including phenoxy) is 9. The van der Waals surface area contributed by atoms with E-state index in [0.717, 1.165) is 16.8 Å². The van der Waals surface area contributed by atoms with Crippen LogP contribution in [0.1, 0.15) is 11.5 Å². The number of alkyl halides is 6.